The van der Waals surface area contributed by atoms with E-state index in [1.54, 1.807) is 46.3 Å². The van der Waals surface area contributed by atoms with Crippen LogP contribution in [0.1, 0.15) is 10.9 Å². The molecule has 0 aliphatic heterocycles. The highest BCUT2D eigenvalue weighted by Gasteiger charge is 2.41. The monoisotopic (exact) mass is 350 g/mol. The zero-order chi connectivity index (χ0) is 16.3. The summed E-state index contributed by atoms with van der Waals surface area (Å²) >= 11 is 7.45. The molecule has 23 heavy (non-hydrogen) atoms. The Morgan fingerprint density at radius 2 is 1.87 bits per heavy atom. The second-order valence-electron chi connectivity index (χ2n) is 4.99. The smallest absolute Gasteiger partial charge is 0.141 e. The maximum Gasteiger partial charge on any atom is 0.141 e. The predicted octanol–water partition coefficient (Wildman–Crippen LogP) is 1.97. The number of hydrogen-bond donors (Lipinski definition) is 1. The van der Waals surface area contributed by atoms with Crippen LogP contribution in [-0.4, -0.2) is 40.9 Å². The number of hydrogen-bond acceptors (Lipinski definition) is 6. The van der Waals surface area contributed by atoms with E-state index in [0.717, 1.165) is 0 Å². The Hall–Kier alpha value is -1.90. The van der Waals surface area contributed by atoms with E-state index in [-0.39, 0.29) is 6.54 Å². The van der Waals surface area contributed by atoms with Crippen LogP contribution < -0.4 is 0 Å². The molecule has 0 saturated heterocycles. The fraction of sp³-hybridized carbons (Fsp3) is 0.286. The van der Waals surface area contributed by atoms with Gasteiger partial charge in [0.15, 0.2) is 0 Å². The Bertz CT molecular complexity index is 733. The van der Waals surface area contributed by atoms with Crippen LogP contribution in [0.25, 0.3) is 0 Å². The third kappa shape index (κ3) is 3.24. The lowest BCUT2D eigenvalue weighted by atomic mass is 9.93. The van der Waals surface area contributed by atoms with Crippen molar-refractivity contribution in [2.75, 3.05) is 6.26 Å². The summed E-state index contributed by atoms with van der Waals surface area (Å²) in [6.45, 7) is 0.222. The summed E-state index contributed by atoms with van der Waals surface area (Å²) in [5, 5.41) is 20.0. The normalized spacial score (nSPS) is 15.3. The molecule has 0 fully saturated rings. The molecule has 7 nitrogen and oxygen atoms in total. The van der Waals surface area contributed by atoms with E-state index >= 15 is 0 Å². The summed E-state index contributed by atoms with van der Waals surface area (Å²) in [6.07, 6.45) is 7.95. The third-order valence-electron chi connectivity index (χ3n) is 3.52. The number of benzene rings is 1. The summed E-state index contributed by atoms with van der Waals surface area (Å²) in [5.41, 5.74) is -0.557. The quantitative estimate of drug-likeness (QED) is 0.732. The molecular formula is C14H15ClN6OS. The summed E-state index contributed by atoms with van der Waals surface area (Å²) in [4.78, 5) is 7.92. The average molecular weight is 351 g/mol. The molecule has 0 saturated carbocycles. The molecule has 0 spiro atoms. The molecule has 2 heterocycles. The molecule has 2 atom stereocenters. The van der Waals surface area contributed by atoms with Gasteiger partial charge in [-0.3, -0.25) is 0 Å². The summed E-state index contributed by atoms with van der Waals surface area (Å²) < 4.78 is 3.23. The van der Waals surface area contributed by atoms with E-state index in [4.69, 9.17) is 11.6 Å². The van der Waals surface area contributed by atoms with Crippen molar-refractivity contribution in [2.45, 2.75) is 17.5 Å². The van der Waals surface area contributed by atoms with E-state index in [2.05, 4.69) is 20.2 Å². The second-order valence-corrected chi connectivity index (χ2v) is 6.34. The van der Waals surface area contributed by atoms with Gasteiger partial charge in [-0.1, -0.05) is 23.7 Å². The zero-order valence-corrected chi connectivity index (χ0v) is 13.9. The van der Waals surface area contributed by atoms with E-state index in [1.807, 2.05) is 6.26 Å². The Balaban J connectivity index is 2.06. The van der Waals surface area contributed by atoms with Gasteiger partial charge < -0.3 is 5.11 Å². The van der Waals surface area contributed by atoms with Crippen LogP contribution in [0, 0.1) is 0 Å². The first-order valence-corrected chi connectivity index (χ1v) is 8.48. The molecule has 0 bridgehead atoms. The number of halogens is 1. The van der Waals surface area contributed by atoms with Gasteiger partial charge in [0.2, 0.25) is 0 Å². The molecular weight excluding hydrogens is 336 g/mol. The number of aliphatic hydroxyl groups is 1. The van der Waals surface area contributed by atoms with Crippen molar-refractivity contribution in [2.24, 2.45) is 0 Å². The molecule has 9 heteroatoms. The molecule has 0 unspecified atom stereocenters. The van der Waals surface area contributed by atoms with Crippen molar-refractivity contribution in [3.8, 4) is 0 Å². The Morgan fingerprint density at radius 1 is 1.17 bits per heavy atom. The molecule has 2 aromatic heterocycles. The summed E-state index contributed by atoms with van der Waals surface area (Å²) in [5.74, 6) is 0. The first kappa shape index (κ1) is 16.0. The first-order chi connectivity index (χ1) is 11.1. The van der Waals surface area contributed by atoms with Gasteiger partial charge in [-0.2, -0.15) is 10.2 Å². The van der Waals surface area contributed by atoms with E-state index in [9.17, 15) is 5.11 Å². The third-order valence-corrected chi connectivity index (χ3v) is 4.83. The Morgan fingerprint density at radius 3 is 2.43 bits per heavy atom. The largest absolute Gasteiger partial charge is 0.380 e. The van der Waals surface area contributed by atoms with Crippen LogP contribution in [-0.2, 0) is 12.1 Å². The Labute approximate surface area is 142 Å². The average Bonchev–Trinajstić information content (AvgIpc) is 3.22. The predicted molar refractivity (Wildman–Crippen MR) is 87.9 cm³/mol. The van der Waals surface area contributed by atoms with Crippen LogP contribution in [0.3, 0.4) is 0 Å². The molecule has 120 valence electrons. The van der Waals surface area contributed by atoms with Crippen LogP contribution in [0.15, 0.2) is 49.6 Å². The number of rotatable bonds is 6. The number of aromatic nitrogens is 6. The standard InChI is InChI=1S/C14H15ClN6OS/c1-23-13(21-10-17-8-19-21)14(22,6-20-9-16-7-18-20)11-2-4-12(15)5-3-11/h2-5,7-10,13,22H,6H2,1H3/t13-,14+/m1/s1. The SMILES string of the molecule is CS[C@@H](n1cncn1)[C@](O)(Cn1cncn1)c1ccc(Cl)cc1. The van der Waals surface area contributed by atoms with Crippen molar-refractivity contribution < 1.29 is 5.11 Å². The maximum absolute atomic E-state index is 11.5. The lowest BCUT2D eigenvalue weighted by Gasteiger charge is -2.35. The summed E-state index contributed by atoms with van der Waals surface area (Å²) in [7, 11) is 0. The number of thioether (sulfide) groups is 1. The van der Waals surface area contributed by atoms with Gasteiger partial charge in [-0.15, -0.1) is 11.8 Å². The van der Waals surface area contributed by atoms with Gasteiger partial charge >= 0.3 is 0 Å². The van der Waals surface area contributed by atoms with Gasteiger partial charge in [-0.05, 0) is 24.0 Å². The van der Waals surface area contributed by atoms with Gasteiger partial charge in [0.1, 0.15) is 36.3 Å². The summed E-state index contributed by atoms with van der Waals surface area (Å²) in [6, 6.07) is 7.11. The minimum atomic E-state index is -1.27. The van der Waals surface area contributed by atoms with Crippen LogP contribution in [0.4, 0.5) is 0 Å². The fourth-order valence-electron chi connectivity index (χ4n) is 2.47. The maximum atomic E-state index is 11.5. The molecule has 0 radical (unpaired) electrons. The van der Waals surface area contributed by atoms with Crippen molar-refractivity contribution in [3.63, 3.8) is 0 Å². The molecule has 0 amide bonds. The first-order valence-electron chi connectivity index (χ1n) is 6.81. The highest BCUT2D eigenvalue weighted by molar-refractivity contribution is 7.98. The molecule has 3 aromatic rings. The van der Waals surface area contributed by atoms with Gasteiger partial charge in [0.05, 0.1) is 6.54 Å². The number of nitrogens with zero attached hydrogens (tertiary/aromatic N) is 6. The highest BCUT2D eigenvalue weighted by atomic mass is 35.5. The van der Waals surface area contributed by atoms with E-state index < -0.39 is 11.0 Å². The van der Waals surface area contributed by atoms with Crippen molar-refractivity contribution in [1.29, 1.82) is 0 Å². The van der Waals surface area contributed by atoms with E-state index in [0.29, 0.717) is 10.6 Å². The highest BCUT2D eigenvalue weighted by Crippen LogP contribution is 2.41. The molecule has 3 rings (SSSR count). The minimum absolute atomic E-state index is 0.222. The van der Waals surface area contributed by atoms with Crippen molar-refractivity contribution in [1.82, 2.24) is 29.5 Å². The van der Waals surface area contributed by atoms with Crippen LogP contribution in [0.5, 0.6) is 0 Å². The fourth-order valence-corrected chi connectivity index (χ4v) is 3.52. The van der Waals surface area contributed by atoms with Gasteiger partial charge in [-0.25, -0.2) is 19.3 Å². The minimum Gasteiger partial charge on any atom is -0.380 e. The van der Waals surface area contributed by atoms with Crippen molar-refractivity contribution >= 4 is 23.4 Å². The van der Waals surface area contributed by atoms with Gasteiger partial charge in [0.25, 0.3) is 0 Å². The lowest BCUT2D eigenvalue weighted by molar-refractivity contribution is -0.00913. The molecule has 1 N–H and O–H groups in total. The van der Waals surface area contributed by atoms with Gasteiger partial charge in [0, 0.05) is 5.02 Å². The zero-order valence-electron chi connectivity index (χ0n) is 12.3. The lowest BCUT2D eigenvalue weighted by Crippen LogP contribution is -2.39. The Kier molecular flexibility index (Phi) is 4.65. The molecule has 0 aliphatic rings. The topological polar surface area (TPSA) is 81.6 Å². The second kappa shape index (κ2) is 6.69. The molecule has 1 aromatic carbocycles. The van der Waals surface area contributed by atoms with Crippen LogP contribution >= 0.6 is 23.4 Å². The van der Waals surface area contributed by atoms with Crippen molar-refractivity contribution in [3.05, 3.63) is 60.2 Å². The van der Waals surface area contributed by atoms with E-state index in [1.165, 1.54) is 24.4 Å². The molecule has 0 aliphatic carbocycles. The van der Waals surface area contributed by atoms with Crippen LogP contribution in [0.2, 0.25) is 5.02 Å².